The van der Waals surface area contributed by atoms with Gasteiger partial charge in [-0.25, -0.2) is 13.4 Å². The predicted octanol–water partition coefficient (Wildman–Crippen LogP) is 5.06. The van der Waals surface area contributed by atoms with Crippen molar-refractivity contribution >= 4 is 38.3 Å². The first-order valence-corrected chi connectivity index (χ1v) is 16.9. The van der Waals surface area contributed by atoms with E-state index in [1.165, 1.54) is 8.99 Å². The summed E-state index contributed by atoms with van der Waals surface area (Å²) in [4.78, 5) is 20.1. The monoisotopic (exact) mass is 644 g/mol. The van der Waals surface area contributed by atoms with E-state index >= 15 is 0 Å². The lowest BCUT2D eigenvalue weighted by atomic mass is 10.2. The van der Waals surface area contributed by atoms with Crippen LogP contribution in [-0.2, 0) is 15.8 Å². The van der Waals surface area contributed by atoms with Gasteiger partial charge in [0.2, 0.25) is 15.8 Å². The molecule has 2 aromatic carbocycles. The van der Waals surface area contributed by atoms with E-state index in [0.717, 1.165) is 29.6 Å². The normalized spacial score (nSPS) is 16.6. The first-order chi connectivity index (χ1) is 21.7. The number of benzene rings is 2. The Kier molecular flexibility index (Phi) is 7.63. The van der Waals surface area contributed by atoms with Crippen LogP contribution in [0.15, 0.2) is 90.1 Å². The predicted molar refractivity (Wildman–Crippen MR) is 175 cm³/mol. The summed E-state index contributed by atoms with van der Waals surface area (Å²) >= 11 is 6.18. The van der Waals surface area contributed by atoms with Gasteiger partial charge in [0.1, 0.15) is 11.3 Å². The molecular formula is C33H33ClN6O4S. The molecule has 2 fully saturated rings. The largest absolute Gasteiger partial charge is 0.486 e. The molecule has 3 aromatic heterocycles. The quantitative estimate of drug-likeness (QED) is 0.221. The fraction of sp³-hybridized carbons (Fsp3) is 0.303. The molecule has 1 saturated heterocycles. The van der Waals surface area contributed by atoms with E-state index in [9.17, 15) is 13.2 Å². The van der Waals surface area contributed by atoms with E-state index in [0.29, 0.717) is 41.7 Å². The number of halogens is 1. The van der Waals surface area contributed by atoms with Gasteiger partial charge in [-0.3, -0.25) is 4.79 Å². The van der Waals surface area contributed by atoms with Crippen LogP contribution in [0.2, 0.25) is 5.02 Å². The molecule has 5 aromatic rings. The highest BCUT2D eigenvalue weighted by Crippen LogP contribution is 2.45. The minimum Gasteiger partial charge on any atom is -0.486 e. The SMILES string of the molecule is CC1(COc2c(N3CCN(S(=O)(=O)Cc4ccc(-n5ccc6cccnc65)cc4)CC3)cnn(-c3cccc(Cl)c3)c2=O)CC1. The zero-order chi connectivity index (χ0) is 31.2. The van der Waals surface area contributed by atoms with Gasteiger partial charge in [-0.05, 0) is 66.9 Å². The van der Waals surface area contributed by atoms with E-state index < -0.39 is 10.0 Å². The Morgan fingerprint density at radius 2 is 1.73 bits per heavy atom. The van der Waals surface area contributed by atoms with Crippen molar-refractivity contribution in [1.29, 1.82) is 0 Å². The van der Waals surface area contributed by atoms with Gasteiger partial charge < -0.3 is 14.2 Å². The summed E-state index contributed by atoms with van der Waals surface area (Å²) in [5.41, 5.74) is 3.28. The second kappa shape index (κ2) is 11.6. The number of rotatable bonds is 9. The molecule has 1 aliphatic carbocycles. The van der Waals surface area contributed by atoms with E-state index in [1.54, 1.807) is 36.7 Å². The maximum atomic E-state index is 13.7. The molecule has 0 unspecified atom stereocenters. The number of ether oxygens (including phenoxy) is 1. The molecule has 0 amide bonds. The third-order valence-electron chi connectivity index (χ3n) is 8.62. The molecule has 1 saturated carbocycles. The zero-order valence-electron chi connectivity index (χ0n) is 24.8. The summed E-state index contributed by atoms with van der Waals surface area (Å²) in [7, 11) is -3.57. The second-order valence-electron chi connectivity index (χ2n) is 12.1. The Morgan fingerprint density at radius 1 is 0.956 bits per heavy atom. The molecule has 1 aliphatic heterocycles. The molecule has 12 heteroatoms. The number of fused-ring (bicyclic) bond motifs is 1. The van der Waals surface area contributed by atoms with E-state index in [4.69, 9.17) is 16.3 Å². The minimum atomic E-state index is -3.57. The van der Waals surface area contributed by atoms with Crippen molar-refractivity contribution in [2.75, 3.05) is 37.7 Å². The third-order valence-corrected chi connectivity index (χ3v) is 10.7. The Labute approximate surface area is 266 Å². The lowest BCUT2D eigenvalue weighted by Gasteiger charge is -2.35. The number of aromatic nitrogens is 4. The summed E-state index contributed by atoms with van der Waals surface area (Å²) in [6.45, 7) is 3.95. The van der Waals surface area contributed by atoms with Crippen molar-refractivity contribution in [3.8, 4) is 17.1 Å². The van der Waals surface area contributed by atoms with Crippen LogP contribution in [0.3, 0.4) is 0 Å². The highest BCUT2D eigenvalue weighted by atomic mass is 35.5. The topological polar surface area (TPSA) is 103 Å². The molecule has 45 heavy (non-hydrogen) atoms. The molecule has 0 spiro atoms. The number of hydrogen-bond acceptors (Lipinski definition) is 7. The van der Waals surface area contributed by atoms with Crippen molar-refractivity contribution in [3.63, 3.8) is 0 Å². The highest BCUT2D eigenvalue weighted by Gasteiger charge is 2.39. The van der Waals surface area contributed by atoms with Crippen LogP contribution in [0.5, 0.6) is 5.75 Å². The van der Waals surface area contributed by atoms with Crippen LogP contribution in [0.4, 0.5) is 5.69 Å². The van der Waals surface area contributed by atoms with Crippen molar-refractivity contribution in [3.05, 3.63) is 106 Å². The Balaban J connectivity index is 1.06. The van der Waals surface area contributed by atoms with Gasteiger partial charge in [-0.15, -0.1) is 0 Å². The first kappa shape index (κ1) is 29.5. The Morgan fingerprint density at radius 3 is 2.47 bits per heavy atom. The number of hydrogen-bond donors (Lipinski definition) is 0. The van der Waals surface area contributed by atoms with E-state index in [-0.39, 0.29) is 35.6 Å². The molecule has 0 atom stereocenters. The van der Waals surface area contributed by atoms with Gasteiger partial charge in [0, 0.05) is 60.1 Å². The standard InChI is InChI=1S/C33H33ClN6O4S/c1-33(12-13-33)23-44-30-29(21-36-40(32(30)41)28-6-2-5-26(34)20-28)37-16-18-38(19-17-37)45(42,43)22-24-7-9-27(10-8-24)39-15-11-25-4-3-14-35-31(25)39/h2-11,14-15,20-21H,12-13,16-19,22-23H2,1H3. The number of pyridine rings is 1. The fourth-order valence-corrected chi connectivity index (χ4v) is 7.32. The van der Waals surface area contributed by atoms with Gasteiger partial charge in [0.25, 0.3) is 0 Å². The van der Waals surface area contributed by atoms with Crippen molar-refractivity contribution in [2.24, 2.45) is 5.41 Å². The van der Waals surface area contributed by atoms with Crippen LogP contribution in [0.25, 0.3) is 22.4 Å². The number of nitrogens with zero attached hydrogens (tertiary/aromatic N) is 6. The highest BCUT2D eigenvalue weighted by molar-refractivity contribution is 7.88. The Bertz CT molecular complexity index is 2030. The van der Waals surface area contributed by atoms with E-state index in [2.05, 4.69) is 17.0 Å². The smallest absolute Gasteiger partial charge is 0.316 e. The van der Waals surface area contributed by atoms with Crippen molar-refractivity contribution in [2.45, 2.75) is 25.5 Å². The second-order valence-corrected chi connectivity index (χ2v) is 14.5. The molecule has 0 N–H and O–H groups in total. The van der Waals surface area contributed by atoms with Crippen molar-refractivity contribution < 1.29 is 13.2 Å². The van der Waals surface area contributed by atoms with E-state index in [1.807, 2.05) is 58.1 Å². The van der Waals surface area contributed by atoms with Crippen LogP contribution in [0.1, 0.15) is 25.3 Å². The minimum absolute atomic E-state index is 0.0609. The average Bonchev–Trinajstić information content (AvgIpc) is 3.62. The van der Waals surface area contributed by atoms with Crippen LogP contribution >= 0.6 is 11.6 Å². The fourth-order valence-electron chi connectivity index (χ4n) is 5.62. The summed E-state index contributed by atoms with van der Waals surface area (Å²) < 4.78 is 37.9. The van der Waals surface area contributed by atoms with Gasteiger partial charge in [0.05, 0.1) is 24.2 Å². The molecule has 10 nitrogen and oxygen atoms in total. The van der Waals surface area contributed by atoms with Gasteiger partial charge in [-0.2, -0.15) is 14.1 Å². The molecule has 232 valence electrons. The summed E-state index contributed by atoms with van der Waals surface area (Å²) in [6.07, 6.45) is 7.45. The molecular weight excluding hydrogens is 612 g/mol. The maximum Gasteiger partial charge on any atom is 0.316 e. The lowest BCUT2D eigenvalue weighted by molar-refractivity contribution is 0.242. The van der Waals surface area contributed by atoms with Gasteiger partial charge in [-0.1, -0.05) is 36.7 Å². The molecule has 2 aliphatic rings. The first-order valence-electron chi connectivity index (χ1n) is 14.9. The maximum absolute atomic E-state index is 13.7. The van der Waals surface area contributed by atoms with Crippen LogP contribution in [-0.4, -0.2) is 64.8 Å². The zero-order valence-corrected chi connectivity index (χ0v) is 26.4. The van der Waals surface area contributed by atoms with Gasteiger partial charge >= 0.3 is 5.56 Å². The molecule has 0 radical (unpaired) electrons. The summed E-state index contributed by atoms with van der Waals surface area (Å²) in [5, 5.41) is 5.98. The summed E-state index contributed by atoms with van der Waals surface area (Å²) in [6, 6.07) is 20.4. The van der Waals surface area contributed by atoms with Gasteiger partial charge in [0.15, 0.2) is 0 Å². The van der Waals surface area contributed by atoms with Crippen molar-refractivity contribution in [1.82, 2.24) is 23.6 Å². The molecule has 0 bridgehead atoms. The number of sulfonamides is 1. The Hall–Kier alpha value is -4.19. The summed E-state index contributed by atoms with van der Waals surface area (Å²) in [5.74, 6) is 0.127. The lowest BCUT2D eigenvalue weighted by Crippen LogP contribution is -2.49. The number of anilines is 1. The third kappa shape index (κ3) is 6.07. The van der Waals surface area contributed by atoms with Crippen LogP contribution in [0, 0.1) is 5.41 Å². The molecule has 4 heterocycles. The van der Waals surface area contributed by atoms with Crippen LogP contribution < -0.4 is 15.2 Å². The average molecular weight is 645 g/mol. The molecule has 7 rings (SSSR count). The number of piperazine rings is 1.